The Morgan fingerprint density at radius 3 is 2.60 bits per heavy atom. The summed E-state index contributed by atoms with van der Waals surface area (Å²) in [5, 5.41) is 5.09. The Kier molecular flexibility index (Phi) is 2.74. The topological polar surface area (TPSA) is 69.4 Å². The summed E-state index contributed by atoms with van der Waals surface area (Å²) in [5.41, 5.74) is 0. The standard InChI is InChI=1S/C9H10BrNO3S/c10-6-1-4-8(14-7-2-3-7)9(5-6)15(11,12)13/h1,4-5,7H,2-3H2,(H2,11,12,13). The molecule has 0 radical (unpaired) electrons. The van der Waals surface area contributed by atoms with Gasteiger partial charge < -0.3 is 4.74 Å². The monoisotopic (exact) mass is 291 g/mol. The Labute approximate surface area is 96.6 Å². The van der Waals surface area contributed by atoms with E-state index in [0.29, 0.717) is 10.2 Å². The van der Waals surface area contributed by atoms with E-state index in [1.54, 1.807) is 12.1 Å². The maximum atomic E-state index is 11.3. The molecule has 0 bridgehead atoms. The molecule has 1 aliphatic carbocycles. The van der Waals surface area contributed by atoms with Crippen LogP contribution in [-0.2, 0) is 10.0 Å². The molecule has 4 nitrogen and oxygen atoms in total. The Bertz CT molecular complexity index is 482. The van der Waals surface area contributed by atoms with E-state index < -0.39 is 10.0 Å². The Morgan fingerprint density at radius 2 is 2.07 bits per heavy atom. The zero-order chi connectivity index (χ0) is 11.1. The van der Waals surface area contributed by atoms with Crippen LogP contribution < -0.4 is 9.88 Å². The number of sulfonamides is 1. The Balaban J connectivity index is 2.43. The van der Waals surface area contributed by atoms with E-state index in [1.165, 1.54) is 6.07 Å². The van der Waals surface area contributed by atoms with Crippen LogP contribution in [0.15, 0.2) is 27.6 Å². The number of nitrogens with two attached hydrogens (primary N) is 1. The van der Waals surface area contributed by atoms with Crippen molar-refractivity contribution in [1.29, 1.82) is 0 Å². The highest BCUT2D eigenvalue weighted by atomic mass is 79.9. The number of halogens is 1. The molecule has 0 saturated heterocycles. The van der Waals surface area contributed by atoms with Crippen molar-refractivity contribution in [3.05, 3.63) is 22.7 Å². The van der Waals surface area contributed by atoms with Gasteiger partial charge in [0.2, 0.25) is 10.0 Å². The fourth-order valence-corrected chi connectivity index (χ4v) is 2.37. The van der Waals surface area contributed by atoms with Crippen LogP contribution in [0.5, 0.6) is 5.75 Å². The summed E-state index contributed by atoms with van der Waals surface area (Å²) in [6, 6.07) is 4.79. The van der Waals surface area contributed by atoms with Gasteiger partial charge in [-0.1, -0.05) is 15.9 Å². The first-order valence-corrected chi connectivity index (χ1v) is 6.80. The highest BCUT2D eigenvalue weighted by Crippen LogP contribution is 2.32. The largest absolute Gasteiger partial charge is 0.489 e. The van der Waals surface area contributed by atoms with Crippen molar-refractivity contribution < 1.29 is 13.2 Å². The first kappa shape index (κ1) is 10.9. The van der Waals surface area contributed by atoms with E-state index in [4.69, 9.17) is 9.88 Å². The van der Waals surface area contributed by atoms with Gasteiger partial charge in [-0.05, 0) is 31.0 Å². The quantitative estimate of drug-likeness (QED) is 0.920. The summed E-state index contributed by atoms with van der Waals surface area (Å²) >= 11 is 3.20. The molecule has 0 aromatic heterocycles. The summed E-state index contributed by atoms with van der Waals surface area (Å²) in [6.07, 6.45) is 2.09. The van der Waals surface area contributed by atoms with Gasteiger partial charge in [0.05, 0.1) is 6.10 Å². The third-order valence-electron chi connectivity index (χ3n) is 2.03. The molecule has 0 atom stereocenters. The lowest BCUT2D eigenvalue weighted by Crippen LogP contribution is -2.14. The molecular weight excluding hydrogens is 282 g/mol. The molecule has 0 unspecified atom stereocenters. The lowest BCUT2D eigenvalue weighted by atomic mass is 10.3. The molecule has 0 spiro atoms. The van der Waals surface area contributed by atoms with Crippen molar-refractivity contribution in [2.24, 2.45) is 5.14 Å². The van der Waals surface area contributed by atoms with Gasteiger partial charge in [0.1, 0.15) is 10.6 Å². The molecule has 2 rings (SSSR count). The molecule has 1 aromatic rings. The summed E-state index contributed by atoms with van der Waals surface area (Å²) in [6.45, 7) is 0. The van der Waals surface area contributed by atoms with E-state index in [1.807, 2.05) is 0 Å². The number of benzene rings is 1. The minimum absolute atomic E-state index is 0.0313. The number of hydrogen-bond donors (Lipinski definition) is 1. The molecule has 82 valence electrons. The molecule has 2 N–H and O–H groups in total. The molecule has 0 amide bonds. The lowest BCUT2D eigenvalue weighted by Gasteiger charge is -2.09. The Hall–Kier alpha value is -0.590. The average molecular weight is 292 g/mol. The van der Waals surface area contributed by atoms with Crippen molar-refractivity contribution in [3.8, 4) is 5.75 Å². The molecule has 1 aromatic carbocycles. The minimum atomic E-state index is -3.73. The third-order valence-corrected chi connectivity index (χ3v) is 3.46. The first-order chi connectivity index (χ1) is 6.97. The third kappa shape index (κ3) is 2.70. The van der Waals surface area contributed by atoms with Crippen LogP contribution in [-0.4, -0.2) is 14.5 Å². The predicted molar refractivity (Wildman–Crippen MR) is 59.2 cm³/mol. The van der Waals surface area contributed by atoms with Crippen LogP contribution in [0.1, 0.15) is 12.8 Å². The number of ether oxygens (including phenoxy) is 1. The molecule has 15 heavy (non-hydrogen) atoms. The van der Waals surface area contributed by atoms with Gasteiger partial charge in [-0.2, -0.15) is 0 Å². The molecule has 0 aliphatic heterocycles. The minimum Gasteiger partial charge on any atom is -0.489 e. The lowest BCUT2D eigenvalue weighted by molar-refractivity contribution is 0.295. The van der Waals surface area contributed by atoms with E-state index in [2.05, 4.69) is 15.9 Å². The van der Waals surface area contributed by atoms with Crippen LogP contribution >= 0.6 is 15.9 Å². The highest BCUT2D eigenvalue weighted by molar-refractivity contribution is 9.10. The maximum Gasteiger partial charge on any atom is 0.241 e. The molecule has 6 heteroatoms. The normalized spacial score (nSPS) is 16.4. The van der Waals surface area contributed by atoms with Gasteiger partial charge in [0.25, 0.3) is 0 Å². The summed E-state index contributed by atoms with van der Waals surface area (Å²) in [4.78, 5) is 0.0313. The van der Waals surface area contributed by atoms with Crippen molar-refractivity contribution in [1.82, 2.24) is 0 Å². The molecule has 1 aliphatic rings. The SMILES string of the molecule is NS(=O)(=O)c1cc(Br)ccc1OC1CC1. The van der Waals surface area contributed by atoms with E-state index in [0.717, 1.165) is 12.8 Å². The van der Waals surface area contributed by atoms with Crippen molar-refractivity contribution >= 4 is 26.0 Å². The number of rotatable bonds is 3. The van der Waals surface area contributed by atoms with Crippen LogP contribution in [0.2, 0.25) is 0 Å². The summed E-state index contributed by atoms with van der Waals surface area (Å²) in [7, 11) is -3.73. The number of hydrogen-bond acceptors (Lipinski definition) is 3. The van der Waals surface area contributed by atoms with Crippen LogP contribution in [0, 0.1) is 0 Å². The smallest absolute Gasteiger partial charge is 0.241 e. The Morgan fingerprint density at radius 1 is 1.40 bits per heavy atom. The van der Waals surface area contributed by atoms with Crippen LogP contribution in [0.3, 0.4) is 0 Å². The van der Waals surface area contributed by atoms with Crippen LogP contribution in [0.4, 0.5) is 0 Å². The highest BCUT2D eigenvalue weighted by Gasteiger charge is 2.26. The van der Waals surface area contributed by atoms with Gasteiger partial charge in [-0.25, -0.2) is 13.6 Å². The van der Waals surface area contributed by atoms with Gasteiger partial charge in [0.15, 0.2) is 0 Å². The van der Waals surface area contributed by atoms with Gasteiger partial charge in [0, 0.05) is 4.47 Å². The van der Waals surface area contributed by atoms with Crippen molar-refractivity contribution in [2.75, 3.05) is 0 Å². The molecule has 0 heterocycles. The van der Waals surface area contributed by atoms with Crippen LogP contribution in [0.25, 0.3) is 0 Å². The van der Waals surface area contributed by atoms with Crippen molar-refractivity contribution in [2.45, 2.75) is 23.8 Å². The number of primary sulfonamides is 1. The first-order valence-electron chi connectivity index (χ1n) is 4.46. The molecule has 1 fully saturated rings. The molecule has 1 saturated carbocycles. The van der Waals surface area contributed by atoms with Crippen molar-refractivity contribution in [3.63, 3.8) is 0 Å². The summed E-state index contributed by atoms with van der Waals surface area (Å²) < 4.78 is 28.7. The van der Waals surface area contributed by atoms with Gasteiger partial charge in [-0.15, -0.1) is 0 Å². The average Bonchev–Trinajstić information content (AvgIpc) is 2.90. The van der Waals surface area contributed by atoms with Gasteiger partial charge in [-0.3, -0.25) is 0 Å². The zero-order valence-corrected chi connectivity index (χ0v) is 10.2. The van der Waals surface area contributed by atoms with Gasteiger partial charge >= 0.3 is 0 Å². The van der Waals surface area contributed by atoms with E-state index in [9.17, 15) is 8.42 Å². The van der Waals surface area contributed by atoms with E-state index in [-0.39, 0.29) is 11.0 Å². The second kappa shape index (κ2) is 3.77. The maximum absolute atomic E-state index is 11.3. The fraction of sp³-hybridized carbons (Fsp3) is 0.333. The zero-order valence-electron chi connectivity index (χ0n) is 7.81. The second-order valence-corrected chi connectivity index (χ2v) is 5.90. The van der Waals surface area contributed by atoms with E-state index >= 15 is 0 Å². The summed E-state index contributed by atoms with van der Waals surface area (Å²) in [5.74, 6) is 0.336. The second-order valence-electron chi connectivity index (χ2n) is 3.45. The molecular formula is C9H10BrNO3S. The predicted octanol–water partition coefficient (Wildman–Crippen LogP) is 1.64. The fourth-order valence-electron chi connectivity index (χ4n) is 1.17.